The first kappa shape index (κ1) is 21.4. The fourth-order valence-corrected chi connectivity index (χ4v) is 2.91. The van der Waals surface area contributed by atoms with Gasteiger partial charge in [-0.3, -0.25) is 0 Å². The van der Waals surface area contributed by atoms with E-state index in [0.717, 1.165) is 0 Å². The summed E-state index contributed by atoms with van der Waals surface area (Å²) < 4.78 is 27.0. The summed E-state index contributed by atoms with van der Waals surface area (Å²) in [6.07, 6.45) is -6.84. The minimum atomic E-state index is -1.37. The Morgan fingerprint density at radius 3 is 2.65 bits per heavy atom. The van der Waals surface area contributed by atoms with Crippen molar-refractivity contribution in [1.82, 2.24) is 0 Å². The molecule has 5 N–H and O–H groups in total. The molecule has 2 bridgehead atoms. The van der Waals surface area contributed by atoms with Gasteiger partial charge in [-0.1, -0.05) is 0 Å². The van der Waals surface area contributed by atoms with Gasteiger partial charge in [-0.15, -0.1) is 0 Å². The van der Waals surface area contributed by atoms with Crippen molar-refractivity contribution >= 4 is 5.97 Å². The number of rotatable bonds is 11. The van der Waals surface area contributed by atoms with Gasteiger partial charge >= 0.3 is 5.97 Å². The summed E-state index contributed by atoms with van der Waals surface area (Å²) in [6.45, 7) is -0.257. The quantitative estimate of drug-likeness (QED) is 0.232. The van der Waals surface area contributed by atoms with Crippen LogP contribution < -0.4 is 0 Å². The molecule has 11 nitrogen and oxygen atoms in total. The lowest BCUT2D eigenvalue weighted by atomic mass is 9.98. The standard InChI is InChI=1S/C15H26O11/c1-7-13(21)15-14(10(24-7)5-23-15)26-12(3-17)25-9(8(18)2-16)4-22-6-11(19)20/h7-10,12-18,21H,2-6H2,1H3,(H,19,20)/t7?,8-,9-,10?,12?,13-,14?,15+/m1/s1. The Balaban J connectivity index is 1.94. The lowest BCUT2D eigenvalue weighted by Crippen LogP contribution is -2.55. The molecule has 2 heterocycles. The van der Waals surface area contributed by atoms with Gasteiger partial charge in [0.15, 0.2) is 6.29 Å². The molecule has 26 heavy (non-hydrogen) atoms. The van der Waals surface area contributed by atoms with Crippen LogP contribution in [0.25, 0.3) is 0 Å². The maximum atomic E-state index is 10.5. The highest BCUT2D eigenvalue weighted by atomic mass is 16.7. The van der Waals surface area contributed by atoms with Crippen molar-refractivity contribution in [3.8, 4) is 0 Å². The summed E-state index contributed by atoms with van der Waals surface area (Å²) >= 11 is 0. The van der Waals surface area contributed by atoms with Crippen molar-refractivity contribution in [1.29, 1.82) is 0 Å². The molecule has 2 aliphatic rings. The lowest BCUT2D eigenvalue weighted by Gasteiger charge is -2.38. The van der Waals surface area contributed by atoms with Crippen LogP contribution in [0.2, 0.25) is 0 Å². The number of aliphatic carboxylic acids is 1. The molecule has 0 aliphatic carbocycles. The molecule has 8 atom stereocenters. The number of hydrogen-bond acceptors (Lipinski definition) is 10. The number of aliphatic hydroxyl groups is 4. The highest BCUT2D eigenvalue weighted by Gasteiger charge is 2.51. The van der Waals surface area contributed by atoms with Gasteiger partial charge in [0.05, 0.1) is 32.5 Å². The van der Waals surface area contributed by atoms with Crippen molar-refractivity contribution in [3.63, 3.8) is 0 Å². The maximum Gasteiger partial charge on any atom is 0.329 e. The van der Waals surface area contributed by atoms with Crippen LogP contribution in [-0.2, 0) is 28.5 Å². The summed E-state index contributed by atoms with van der Waals surface area (Å²) in [5.74, 6) is -1.20. The van der Waals surface area contributed by atoms with Crippen LogP contribution in [0.3, 0.4) is 0 Å². The van der Waals surface area contributed by atoms with E-state index in [0.29, 0.717) is 0 Å². The maximum absolute atomic E-state index is 10.5. The van der Waals surface area contributed by atoms with Crippen LogP contribution in [-0.4, -0.2) is 114 Å². The highest BCUT2D eigenvalue weighted by molar-refractivity contribution is 5.67. The Bertz CT molecular complexity index is 447. The monoisotopic (exact) mass is 382 g/mol. The molecule has 4 unspecified atom stereocenters. The Morgan fingerprint density at radius 2 is 2.04 bits per heavy atom. The van der Waals surface area contributed by atoms with E-state index in [1.54, 1.807) is 6.92 Å². The van der Waals surface area contributed by atoms with Crippen LogP contribution >= 0.6 is 0 Å². The molecule has 2 aliphatic heterocycles. The van der Waals surface area contributed by atoms with E-state index < -0.39 is 74.8 Å². The minimum Gasteiger partial charge on any atom is -0.480 e. The molecule has 0 radical (unpaired) electrons. The van der Waals surface area contributed by atoms with E-state index in [1.165, 1.54) is 0 Å². The molecule has 11 heteroatoms. The fraction of sp³-hybridized carbons (Fsp3) is 0.933. The summed E-state index contributed by atoms with van der Waals surface area (Å²) in [5.41, 5.74) is 0. The topological polar surface area (TPSA) is 164 Å². The molecule has 0 aromatic heterocycles. The van der Waals surface area contributed by atoms with Crippen molar-refractivity contribution in [2.75, 3.05) is 33.0 Å². The van der Waals surface area contributed by atoms with Crippen molar-refractivity contribution in [2.24, 2.45) is 0 Å². The minimum absolute atomic E-state index is 0.222. The Labute approximate surface area is 150 Å². The van der Waals surface area contributed by atoms with Crippen molar-refractivity contribution in [2.45, 2.75) is 55.9 Å². The third-order valence-electron chi connectivity index (χ3n) is 4.26. The highest BCUT2D eigenvalue weighted by Crippen LogP contribution is 2.32. The number of ether oxygens (including phenoxy) is 5. The van der Waals surface area contributed by atoms with Crippen LogP contribution in [0.4, 0.5) is 0 Å². The molecule has 152 valence electrons. The van der Waals surface area contributed by atoms with Gasteiger partial charge in [-0.05, 0) is 6.92 Å². The molecule has 0 spiro atoms. The van der Waals surface area contributed by atoms with E-state index in [-0.39, 0.29) is 13.2 Å². The summed E-state index contributed by atoms with van der Waals surface area (Å²) in [7, 11) is 0. The zero-order valence-electron chi connectivity index (χ0n) is 14.3. The van der Waals surface area contributed by atoms with E-state index >= 15 is 0 Å². The molecular weight excluding hydrogens is 356 g/mol. The third kappa shape index (κ3) is 5.31. The van der Waals surface area contributed by atoms with Gasteiger partial charge < -0.3 is 49.2 Å². The first-order chi connectivity index (χ1) is 12.4. The van der Waals surface area contributed by atoms with Crippen LogP contribution in [0.15, 0.2) is 0 Å². The van der Waals surface area contributed by atoms with Crippen LogP contribution in [0.5, 0.6) is 0 Å². The summed E-state index contributed by atoms with van der Waals surface area (Å²) in [6, 6.07) is 0. The second-order valence-electron chi connectivity index (χ2n) is 6.21. The summed E-state index contributed by atoms with van der Waals surface area (Å²) in [4.78, 5) is 10.5. The van der Waals surface area contributed by atoms with Crippen LogP contribution in [0, 0.1) is 0 Å². The average molecular weight is 382 g/mol. The van der Waals surface area contributed by atoms with E-state index in [1.807, 2.05) is 0 Å². The molecule has 0 amide bonds. The normalized spacial score (nSPS) is 34.4. The third-order valence-corrected chi connectivity index (χ3v) is 4.26. The predicted molar refractivity (Wildman–Crippen MR) is 82.2 cm³/mol. The second-order valence-corrected chi connectivity index (χ2v) is 6.21. The molecule has 2 fully saturated rings. The SMILES string of the molecule is CC1OC2CO[C@H](C2OC(CO)O[C@H](COCC(=O)O)[C@H](O)CO)[C@@H]1O. The van der Waals surface area contributed by atoms with E-state index in [2.05, 4.69) is 0 Å². The lowest BCUT2D eigenvalue weighted by molar-refractivity contribution is -0.271. The number of carboxylic acid groups (broad SMARTS) is 1. The average Bonchev–Trinajstić information content (AvgIpc) is 2.92. The largest absolute Gasteiger partial charge is 0.480 e. The summed E-state index contributed by atoms with van der Waals surface area (Å²) in [5, 5.41) is 47.1. The van der Waals surface area contributed by atoms with Gasteiger partial charge in [-0.25, -0.2) is 4.79 Å². The smallest absolute Gasteiger partial charge is 0.329 e. The Morgan fingerprint density at radius 1 is 1.31 bits per heavy atom. The first-order valence-corrected chi connectivity index (χ1v) is 8.32. The number of hydrogen-bond donors (Lipinski definition) is 5. The predicted octanol–water partition coefficient (Wildman–Crippen LogP) is -2.92. The van der Waals surface area contributed by atoms with E-state index in [9.17, 15) is 20.1 Å². The number of carbonyl (C=O) groups is 1. The molecular formula is C15H26O11. The fourth-order valence-electron chi connectivity index (χ4n) is 2.91. The van der Waals surface area contributed by atoms with Crippen molar-refractivity contribution < 1.29 is 54.0 Å². The van der Waals surface area contributed by atoms with E-state index in [4.69, 9.17) is 33.9 Å². The van der Waals surface area contributed by atoms with Gasteiger partial charge in [-0.2, -0.15) is 0 Å². The van der Waals surface area contributed by atoms with Crippen molar-refractivity contribution in [3.05, 3.63) is 0 Å². The first-order valence-electron chi connectivity index (χ1n) is 8.32. The Hall–Kier alpha value is -0.890. The van der Waals surface area contributed by atoms with Gasteiger partial charge in [0.25, 0.3) is 0 Å². The zero-order valence-corrected chi connectivity index (χ0v) is 14.3. The molecule has 0 saturated carbocycles. The number of fused-ring (bicyclic) bond motifs is 2. The zero-order chi connectivity index (χ0) is 19.3. The number of carboxylic acids is 1. The molecule has 2 rings (SSSR count). The molecule has 0 aromatic rings. The molecule has 0 aromatic carbocycles. The van der Waals surface area contributed by atoms with Crippen LogP contribution in [0.1, 0.15) is 6.92 Å². The van der Waals surface area contributed by atoms with Gasteiger partial charge in [0, 0.05) is 0 Å². The second kappa shape index (κ2) is 9.88. The number of aliphatic hydroxyl groups excluding tert-OH is 4. The molecule has 2 saturated heterocycles. The van der Waals surface area contributed by atoms with Gasteiger partial charge in [0.2, 0.25) is 0 Å². The van der Waals surface area contributed by atoms with Gasteiger partial charge in [0.1, 0.15) is 43.2 Å². The Kier molecular flexibility index (Phi) is 8.13.